The minimum atomic E-state index is -0.910. The fourth-order valence-corrected chi connectivity index (χ4v) is 2.36. The first kappa shape index (κ1) is 13.7. The van der Waals surface area contributed by atoms with Crippen LogP contribution in [-0.2, 0) is 11.2 Å². The molecule has 0 saturated carbocycles. The van der Waals surface area contributed by atoms with Gasteiger partial charge in [-0.25, -0.2) is 0 Å². The molecule has 1 heterocycles. The summed E-state index contributed by atoms with van der Waals surface area (Å²) in [5, 5.41) is 9.25. The van der Waals surface area contributed by atoms with Gasteiger partial charge in [0, 0.05) is 18.5 Å². The van der Waals surface area contributed by atoms with Crippen LogP contribution in [0.4, 0.5) is 0 Å². The molecular weight excluding hydrogens is 246 g/mol. The molecule has 0 radical (unpaired) electrons. The fraction of sp³-hybridized carbons (Fsp3) is 0.500. The standard InChI is InChI=1S/C14H19NO4/c1-2-9-10(11(8-15)14(16)17)4-5-12-13(9)19-7-3-6-18-12/h4-5,11H,2-3,6-8,15H2,1H3,(H,16,17). The lowest BCUT2D eigenvalue weighted by Gasteiger charge is -2.19. The van der Waals surface area contributed by atoms with E-state index in [1.165, 1.54) is 0 Å². The van der Waals surface area contributed by atoms with Crippen molar-refractivity contribution in [3.63, 3.8) is 0 Å². The molecule has 1 aromatic rings. The van der Waals surface area contributed by atoms with Gasteiger partial charge < -0.3 is 20.3 Å². The largest absolute Gasteiger partial charge is 0.490 e. The molecule has 0 saturated heterocycles. The van der Waals surface area contributed by atoms with E-state index in [1.54, 1.807) is 12.1 Å². The quantitative estimate of drug-likeness (QED) is 0.863. The lowest BCUT2D eigenvalue weighted by molar-refractivity contribution is -0.138. The van der Waals surface area contributed by atoms with Crippen LogP contribution < -0.4 is 15.2 Å². The summed E-state index contributed by atoms with van der Waals surface area (Å²) in [6.07, 6.45) is 1.51. The monoisotopic (exact) mass is 265 g/mol. The summed E-state index contributed by atoms with van der Waals surface area (Å²) in [6.45, 7) is 3.25. The Morgan fingerprint density at radius 2 is 2.16 bits per heavy atom. The normalized spacial score (nSPS) is 15.7. The second-order valence-electron chi connectivity index (χ2n) is 4.49. The van der Waals surface area contributed by atoms with Crippen molar-refractivity contribution in [3.05, 3.63) is 23.3 Å². The van der Waals surface area contributed by atoms with Gasteiger partial charge >= 0.3 is 5.97 Å². The maximum absolute atomic E-state index is 11.3. The number of rotatable bonds is 4. The third kappa shape index (κ3) is 2.66. The molecule has 2 rings (SSSR count). The second kappa shape index (κ2) is 5.93. The Morgan fingerprint density at radius 1 is 1.42 bits per heavy atom. The summed E-state index contributed by atoms with van der Waals surface area (Å²) in [6, 6.07) is 3.57. The number of nitrogens with two attached hydrogens (primary N) is 1. The molecule has 0 aliphatic carbocycles. The van der Waals surface area contributed by atoms with Crippen molar-refractivity contribution in [3.8, 4) is 11.5 Å². The molecule has 0 aromatic heterocycles. The highest BCUT2D eigenvalue weighted by molar-refractivity contribution is 5.77. The number of carboxylic acids is 1. The maximum atomic E-state index is 11.3. The minimum absolute atomic E-state index is 0.0714. The first-order valence-corrected chi connectivity index (χ1v) is 6.53. The molecule has 19 heavy (non-hydrogen) atoms. The Hall–Kier alpha value is -1.75. The lowest BCUT2D eigenvalue weighted by Crippen LogP contribution is -2.22. The highest BCUT2D eigenvalue weighted by Gasteiger charge is 2.25. The van der Waals surface area contributed by atoms with Crippen molar-refractivity contribution >= 4 is 5.97 Å². The van der Waals surface area contributed by atoms with Crippen LogP contribution in [0.15, 0.2) is 12.1 Å². The number of benzene rings is 1. The van der Waals surface area contributed by atoms with Crippen LogP contribution in [0.1, 0.15) is 30.4 Å². The molecule has 1 unspecified atom stereocenters. The number of hydrogen-bond donors (Lipinski definition) is 2. The third-order valence-corrected chi connectivity index (χ3v) is 3.32. The van der Waals surface area contributed by atoms with Crippen LogP contribution in [0, 0.1) is 0 Å². The van der Waals surface area contributed by atoms with E-state index in [1.807, 2.05) is 6.92 Å². The van der Waals surface area contributed by atoms with Crippen molar-refractivity contribution in [2.75, 3.05) is 19.8 Å². The molecule has 5 nitrogen and oxygen atoms in total. The molecule has 1 atom stereocenters. The summed E-state index contributed by atoms with van der Waals surface area (Å²) < 4.78 is 11.3. The van der Waals surface area contributed by atoms with Crippen molar-refractivity contribution in [1.82, 2.24) is 0 Å². The van der Waals surface area contributed by atoms with Gasteiger partial charge in [-0.1, -0.05) is 13.0 Å². The Kier molecular flexibility index (Phi) is 4.27. The van der Waals surface area contributed by atoms with E-state index in [9.17, 15) is 9.90 Å². The van der Waals surface area contributed by atoms with Gasteiger partial charge in [0.05, 0.1) is 19.1 Å². The SMILES string of the molecule is CCc1c(C(CN)C(=O)O)ccc2c1OCCCO2. The molecule has 1 aromatic carbocycles. The zero-order chi connectivity index (χ0) is 13.8. The number of fused-ring (bicyclic) bond motifs is 1. The Morgan fingerprint density at radius 3 is 2.79 bits per heavy atom. The molecule has 0 spiro atoms. The van der Waals surface area contributed by atoms with Gasteiger partial charge in [0.15, 0.2) is 11.5 Å². The van der Waals surface area contributed by atoms with E-state index in [0.717, 1.165) is 17.5 Å². The predicted octanol–water partition coefficient (Wildman–Crippen LogP) is 1.54. The van der Waals surface area contributed by atoms with Crippen molar-refractivity contribution in [1.29, 1.82) is 0 Å². The van der Waals surface area contributed by atoms with E-state index >= 15 is 0 Å². The molecule has 0 bridgehead atoms. The molecule has 0 amide bonds. The van der Waals surface area contributed by atoms with Crippen LogP contribution in [0.3, 0.4) is 0 Å². The van der Waals surface area contributed by atoms with E-state index in [0.29, 0.717) is 31.1 Å². The number of aliphatic carboxylic acids is 1. The molecular formula is C14H19NO4. The maximum Gasteiger partial charge on any atom is 0.312 e. The van der Waals surface area contributed by atoms with Crippen LogP contribution in [0.5, 0.6) is 11.5 Å². The summed E-state index contributed by atoms with van der Waals surface area (Å²) in [4.78, 5) is 11.3. The average molecular weight is 265 g/mol. The zero-order valence-corrected chi connectivity index (χ0v) is 11.0. The lowest BCUT2D eigenvalue weighted by atomic mass is 9.92. The van der Waals surface area contributed by atoms with Crippen LogP contribution in [-0.4, -0.2) is 30.8 Å². The van der Waals surface area contributed by atoms with Gasteiger partial charge in [-0.15, -0.1) is 0 Å². The van der Waals surface area contributed by atoms with Gasteiger partial charge in [0.2, 0.25) is 0 Å². The Labute approximate surface area is 112 Å². The smallest absolute Gasteiger partial charge is 0.312 e. The molecule has 1 aliphatic heterocycles. The summed E-state index contributed by atoms with van der Waals surface area (Å²) in [5.74, 6) is -0.241. The van der Waals surface area contributed by atoms with Gasteiger partial charge in [0.25, 0.3) is 0 Å². The van der Waals surface area contributed by atoms with Crippen LogP contribution in [0.2, 0.25) is 0 Å². The average Bonchev–Trinajstić information content (AvgIpc) is 2.64. The number of ether oxygens (including phenoxy) is 2. The van der Waals surface area contributed by atoms with Crippen LogP contribution in [0.25, 0.3) is 0 Å². The predicted molar refractivity (Wildman–Crippen MR) is 70.9 cm³/mol. The zero-order valence-electron chi connectivity index (χ0n) is 11.0. The topological polar surface area (TPSA) is 81.8 Å². The van der Waals surface area contributed by atoms with Gasteiger partial charge in [0.1, 0.15) is 0 Å². The Balaban J connectivity index is 2.50. The van der Waals surface area contributed by atoms with E-state index in [-0.39, 0.29) is 6.54 Å². The van der Waals surface area contributed by atoms with Gasteiger partial charge in [-0.05, 0) is 18.1 Å². The van der Waals surface area contributed by atoms with Gasteiger partial charge in [-0.2, -0.15) is 0 Å². The highest BCUT2D eigenvalue weighted by atomic mass is 16.5. The van der Waals surface area contributed by atoms with Gasteiger partial charge in [-0.3, -0.25) is 4.79 Å². The molecule has 104 valence electrons. The minimum Gasteiger partial charge on any atom is -0.490 e. The number of hydrogen-bond acceptors (Lipinski definition) is 4. The summed E-state index contributed by atoms with van der Waals surface area (Å²) in [7, 11) is 0. The second-order valence-corrected chi connectivity index (χ2v) is 4.49. The van der Waals surface area contributed by atoms with Crippen molar-refractivity contribution in [2.45, 2.75) is 25.7 Å². The van der Waals surface area contributed by atoms with Crippen molar-refractivity contribution in [2.24, 2.45) is 5.73 Å². The molecule has 5 heteroatoms. The van der Waals surface area contributed by atoms with E-state index in [2.05, 4.69) is 0 Å². The number of carbonyl (C=O) groups is 1. The first-order chi connectivity index (χ1) is 9.19. The summed E-state index contributed by atoms with van der Waals surface area (Å²) >= 11 is 0. The molecule has 1 aliphatic rings. The highest BCUT2D eigenvalue weighted by Crippen LogP contribution is 2.38. The van der Waals surface area contributed by atoms with Crippen LogP contribution >= 0.6 is 0 Å². The van der Waals surface area contributed by atoms with E-state index < -0.39 is 11.9 Å². The first-order valence-electron chi connectivity index (χ1n) is 6.53. The third-order valence-electron chi connectivity index (χ3n) is 3.32. The summed E-state index contributed by atoms with van der Waals surface area (Å²) in [5.41, 5.74) is 7.19. The van der Waals surface area contributed by atoms with E-state index in [4.69, 9.17) is 15.2 Å². The molecule has 0 fully saturated rings. The molecule has 3 N–H and O–H groups in total. The van der Waals surface area contributed by atoms with Crippen molar-refractivity contribution < 1.29 is 19.4 Å². The fourth-order valence-electron chi connectivity index (χ4n) is 2.36. The Bertz CT molecular complexity index is 473. The number of carboxylic acid groups (broad SMARTS) is 1.